The van der Waals surface area contributed by atoms with Gasteiger partial charge in [-0.3, -0.25) is 4.79 Å². The number of carbonyl (C=O) groups is 2. The van der Waals surface area contributed by atoms with Crippen LogP contribution in [0.3, 0.4) is 0 Å². The maximum absolute atomic E-state index is 12.0. The Labute approximate surface area is 136 Å². The van der Waals surface area contributed by atoms with Crippen LogP contribution in [0.2, 0.25) is 0 Å². The topological polar surface area (TPSA) is 64.6 Å². The minimum Gasteiger partial charge on any atom is -0.449 e. The highest BCUT2D eigenvalue weighted by Crippen LogP contribution is 2.22. The van der Waals surface area contributed by atoms with E-state index in [2.05, 4.69) is 16.6 Å². The van der Waals surface area contributed by atoms with Crippen LogP contribution in [0.25, 0.3) is 6.08 Å². The van der Waals surface area contributed by atoms with E-state index in [0.717, 1.165) is 18.2 Å². The van der Waals surface area contributed by atoms with Gasteiger partial charge < -0.3 is 14.8 Å². The smallest absolute Gasteiger partial charge is 0.449 e. The lowest BCUT2D eigenvalue weighted by Gasteiger charge is -2.11. The van der Waals surface area contributed by atoms with Gasteiger partial charge >= 0.3 is 12.3 Å². The van der Waals surface area contributed by atoms with E-state index < -0.39 is 24.3 Å². The third kappa shape index (κ3) is 7.48. The van der Waals surface area contributed by atoms with E-state index in [1.807, 2.05) is 0 Å². The first-order valence-corrected chi connectivity index (χ1v) is 6.84. The molecule has 0 aliphatic carbocycles. The number of hydrogen-bond acceptors (Lipinski definition) is 4. The summed E-state index contributed by atoms with van der Waals surface area (Å²) < 4.78 is 44.7. The van der Waals surface area contributed by atoms with Crippen molar-refractivity contribution in [1.82, 2.24) is 5.32 Å². The summed E-state index contributed by atoms with van der Waals surface area (Å²) in [6, 6.07) is 4.91. The molecule has 130 valence electrons. The van der Waals surface area contributed by atoms with Crippen LogP contribution < -0.4 is 10.1 Å². The van der Waals surface area contributed by atoms with Gasteiger partial charge in [0, 0.05) is 12.6 Å². The fourth-order valence-electron chi connectivity index (χ4n) is 1.53. The monoisotopic (exact) mass is 343 g/mol. The van der Waals surface area contributed by atoms with Crippen molar-refractivity contribution in [2.24, 2.45) is 0 Å². The second-order valence-electron chi connectivity index (χ2n) is 4.56. The Bertz CT molecular complexity index is 609. The highest BCUT2D eigenvalue weighted by Gasteiger charge is 2.30. The van der Waals surface area contributed by atoms with Crippen LogP contribution in [0.1, 0.15) is 12.5 Å². The molecule has 5 nitrogen and oxygen atoms in total. The zero-order valence-electron chi connectivity index (χ0n) is 12.8. The summed E-state index contributed by atoms with van der Waals surface area (Å²) in [7, 11) is 0. The van der Waals surface area contributed by atoms with E-state index in [1.165, 1.54) is 31.2 Å². The molecule has 8 heteroatoms. The van der Waals surface area contributed by atoms with Crippen LogP contribution >= 0.6 is 0 Å². The van der Waals surface area contributed by atoms with Crippen molar-refractivity contribution in [1.29, 1.82) is 0 Å². The van der Waals surface area contributed by atoms with Gasteiger partial charge in [0.25, 0.3) is 5.91 Å². The molecule has 1 N–H and O–H groups in total. The molecule has 0 saturated heterocycles. The SMILES string of the molecule is C=CCNC(=O)[C@H](C)OC(=O)/C=C/c1ccc(OC(F)(F)F)cc1. The molecule has 1 aromatic rings. The van der Waals surface area contributed by atoms with Crippen molar-refractivity contribution in [2.45, 2.75) is 19.4 Å². The number of carbonyl (C=O) groups excluding carboxylic acids is 2. The lowest BCUT2D eigenvalue weighted by Crippen LogP contribution is -2.35. The van der Waals surface area contributed by atoms with Gasteiger partial charge in [-0.1, -0.05) is 18.2 Å². The molecule has 0 spiro atoms. The lowest BCUT2D eigenvalue weighted by molar-refractivity contribution is -0.274. The Hall–Kier alpha value is -2.77. The maximum atomic E-state index is 12.0. The van der Waals surface area contributed by atoms with Gasteiger partial charge in [-0.2, -0.15) is 0 Å². The molecule has 1 amide bonds. The molecule has 0 aliphatic rings. The molecular weight excluding hydrogens is 327 g/mol. The second-order valence-corrected chi connectivity index (χ2v) is 4.56. The average Bonchev–Trinajstić information content (AvgIpc) is 2.50. The predicted octanol–water partition coefficient (Wildman–Crippen LogP) is 2.83. The van der Waals surface area contributed by atoms with E-state index in [9.17, 15) is 22.8 Å². The maximum Gasteiger partial charge on any atom is 0.573 e. The first-order chi connectivity index (χ1) is 11.2. The van der Waals surface area contributed by atoms with Gasteiger partial charge in [-0.25, -0.2) is 4.79 Å². The minimum atomic E-state index is -4.76. The van der Waals surface area contributed by atoms with Crippen LogP contribution in [-0.2, 0) is 14.3 Å². The summed E-state index contributed by atoms with van der Waals surface area (Å²) in [6.45, 7) is 5.10. The van der Waals surface area contributed by atoms with Crippen molar-refractivity contribution >= 4 is 18.0 Å². The van der Waals surface area contributed by atoms with Gasteiger partial charge in [0.15, 0.2) is 6.10 Å². The van der Waals surface area contributed by atoms with Gasteiger partial charge in [0.2, 0.25) is 0 Å². The molecule has 1 rings (SSSR count). The fourth-order valence-corrected chi connectivity index (χ4v) is 1.53. The Morgan fingerprint density at radius 1 is 1.29 bits per heavy atom. The summed E-state index contributed by atoms with van der Waals surface area (Å²) >= 11 is 0. The Morgan fingerprint density at radius 3 is 2.46 bits per heavy atom. The molecule has 0 aliphatic heterocycles. The highest BCUT2D eigenvalue weighted by molar-refractivity contribution is 5.90. The Morgan fingerprint density at radius 2 is 1.92 bits per heavy atom. The quantitative estimate of drug-likeness (QED) is 0.470. The van der Waals surface area contributed by atoms with Crippen LogP contribution in [0.15, 0.2) is 43.0 Å². The molecule has 1 atom stereocenters. The number of nitrogens with one attached hydrogen (secondary N) is 1. The van der Waals surface area contributed by atoms with Crippen LogP contribution in [0, 0.1) is 0 Å². The molecule has 0 unspecified atom stereocenters. The van der Waals surface area contributed by atoms with E-state index in [0.29, 0.717) is 5.56 Å². The van der Waals surface area contributed by atoms with Crippen molar-refractivity contribution in [3.8, 4) is 5.75 Å². The molecule has 0 bridgehead atoms. The van der Waals surface area contributed by atoms with Crippen LogP contribution in [0.5, 0.6) is 5.75 Å². The first-order valence-electron chi connectivity index (χ1n) is 6.84. The van der Waals surface area contributed by atoms with E-state index in [1.54, 1.807) is 0 Å². The molecule has 24 heavy (non-hydrogen) atoms. The minimum absolute atomic E-state index is 0.253. The number of benzene rings is 1. The van der Waals surface area contributed by atoms with Gasteiger partial charge in [-0.15, -0.1) is 19.8 Å². The summed E-state index contributed by atoms with van der Waals surface area (Å²) in [4.78, 5) is 23.1. The number of alkyl halides is 3. The van der Waals surface area contributed by atoms with Crippen LogP contribution in [-0.4, -0.2) is 30.9 Å². The van der Waals surface area contributed by atoms with E-state index in [4.69, 9.17) is 4.74 Å². The number of hydrogen-bond donors (Lipinski definition) is 1. The predicted molar refractivity (Wildman–Crippen MR) is 80.9 cm³/mol. The number of halogens is 3. The van der Waals surface area contributed by atoms with Gasteiger partial charge in [-0.05, 0) is 30.7 Å². The summed E-state index contributed by atoms with van der Waals surface area (Å²) in [5, 5.41) is 2.47. The lowest BCUT2D eigenvalue weighted by atomic mass is 10.2. The number of rotatable bonds is 7. The third-order valence-corrected chi connectivity index (χ3v) is 2.61. The zero-order valence-corrected chi connectivity index (χ0v) is 12.8. The van der Waals surface area contributed by atoms with E-state index >= 15 is 0 Å². The second kappa shape index (κ2) is 8.76. The van der Waals surface area contributed by atoms with Crippen LogP contribution in [0.4, 0.5) is 13.2 Å². The molecule has 0 aromatic heterocycles. The zero-order chi connectivity index (χ0) is 18.2. The van der Waals surface area contributed by atoms with Crippen molar-refractivity contribution < 1.29 is 32.2 Å². The Balaban J connectivity index is 2.54. The van der Waals surface area contributed by atoms with Gasteiger partial charge in [0.1, 0.15) is 5.75 Å². The molecule has 0 radical (unpaired) electrons. The first kappa shape index (κ1) is 19.3. The largest absolute Gasteiger partial charge is 0.573 e. The molecule has 0 fully saturated rings. The molecular formula is C16H16F3NO4. The summed E-state index contributed by atoms with van der Waals surface area (Å²) in [5.41, 5.74) is 0.463. The number of ether oxygens (including phenoxy) is 2. The van der Waals surface area contributed by atoms with Crippen molar-refractivity contribution in [3.63, 3.8) is 0 Å². The number of amides is 1. The Kier molecular flexibility index (Phi) is 7.03. The average molecular weight is 343 g/mol. The van der Waals surface area contributed by atoms with E-state index in [-0.39, 0.29) is 12.3 Å². The molecule has 1 aromatic carbocycles. The van der Waals surface area contributed by atoms with Gasteiger partial charge in [0.05, 0.1) is 0 Å². The summed E-state index contributed by atoms with van der Waals surface area (Å²) in [5.74, 6) is -1.59. The third-order valence-electron chi connectivity index (χ3n) is 2.61. The number of esters is 1. The van der Waals surface area contributed by atoms with Crippen molar-refractivity contribution in [2.75, 3.05) is 6.54 Å². The normalized spacial score (nSPS) is 12.5. The fraction of sp³-hybridized carbons (Fsp3) is 0.250. The van der Waals surface area contributed by atoms with Crippen molar-refractivity contribution in [3.05, 3.63) is 48.6 Å². The summed E-state index contributed by atoms with van der Waals surface area (Å²) in [6.07, 6.45) is -1.85. The molecule has 0 heterocycles. The standard InChI is InChI=1S/C16H16F3NO4/c1-3-10-20-15(22)11(2)23-14(21)9-6-12-4-7-13(8-5-12)24-16(17,18)19/h3-9,11H,1,10H2,2H3,(H,20,22)/b9-6+/t11-/m0/s1. The highest BCUT2D eigenvalue weighted by atomic mass is 19.4. The molecule has 0 saturated carbocycles.